The molecule has 6 nitrogen and oxygen atoms in total. The van der Waals surface area contributed by atoms with Crippen molar-refractivity contribution < 1.29 is 8.42 Å². The minimum absolute atomic E-state index is 0.0368. The molecule has 1 aromatic rings. The molecule has 16 heavy (non-hydrogen) atoms. The minimum Gasteiger partial charge on any atom is -0.315 e. The molecular formula is C9H16N4O2S. The number of aromatic nitrogens is 2. The number of hydrogen-bond donors (Lipinski definition) is 2. The zero-order valence-corrected chi connectivity index (χ0v) is 10.2. The van der Waals surface area contributed by atoms with Crippen LogP contribution >= 0.6 is 0 Å². The number of nitrogens with one attached hydrogen (secondary N) is 2. The molecule has 0 spiro atoms. The highest BCUT2D eigenvalue weighted by atomic mass is 32.2. The summed E-state index contributed by atoms with van der Waals surface area (Å²) in [6, 6.07) is -0.0368. The molecule has 0 saturated carbocycles. The number of nitrogens with zero attached hydrogens (tertiary/aromatic N) is 2. The predicted octanol–water partition coefficient (Wildman–Crippen LogP) is -0.694. The van der Waals surface area contributed by atoms with Crippen molar-refractivity contribution in [1.29, 1.82) is 0 Å². The standard InChI is InChI=1S/C9H16N4O2S/c1-7-3-10-5-9(7)12-16(14,15)8-4-11-13(2)6-8/h4,6-7,9-10,12H,3,5H2,1-2H3. The van der Waals surface area contributed by atoms with E-state index in [1.807, 2.05) is 6.92 Å². The Hall–Kier alpha value is -0.920. The molecule has 0 radical (unpaired) electrons. The van der Waals surface area contributed by atoms with Gasteiger partial charge < -0.3 is 5.32 Å². The van der Waals surface area contributed by atoms with E-state index < -0.39 is 10.0 Å². The van der Waals surface area contributed by atoms with E-state index in [0.717, 1.165) is 6.54 Å². The summed E-state index contributed by atoms with van der Waals surface area (Å²) in [5.41, 5.74) is 0. The third-order valence-electron chi connectivity index (χ3n) is 2.82. The molecule has 0 amide bonds. The van der Waals surface area contributed by atoms with Crippen LogP contribution in [-0.4, -0.2) is 37.3 Å². The molecule has 0 aromatic carbocycles. The minimum atomic E-state index is -3.43. The molecule has 2 rings (SSSR count). The Labute approximate surface area is 95.1 Å². The van der Waals surface area contributed by atoms with E-state index in [4.69, 9.17) is 0 Å². The molecule has 2 N–H and O–H groups in total. The molecule has 1 aliphatic heterocycles. The van der Waals surface area contributed by atoms with E-state index in [1.54, 1.807) is 7.05 Å². The van der Waals surface area contributed by atoms with Gasteiger partial charge in [0, 0.05) is 25.8 Å². The van der Waals surface area contributed by atoms with Gasteiger partial charge in [-0.15, -0.1) is 0 Å². The fraction of sp³-hybridized carbons (Fsp3) is 0.667. The van der Waals surface area contributed by atoms with Crippen molar-refractivity contribution in [3.05, 3.63) is 12.4 Å². The molecule has 2 atom stereocenters. The highest BCUT2D eigenvalue weighted by Crippen LogP contribution is 2.12. The first-order valence-corrected chi connectivity index (χ1v) is 6.69. The Balaban J connectivity index is 2.14. The molecular weight excluding hydrogens is 228 g/mol. The van der Waals surface area contributed by atoms with Crippen LogP contribution in [0.3, 0.4) is 0 Å². The average Bonchev–Trinajstić information content (AvgIpc) is 2.77. The van der Waals surface area contributed by atoms with E-state index in [2.05, 4.69) is 15.1 Å². The molecule has 2 heterocycles. The van der Waals surface area contributed by atoms with E-state index in [9.17, 15) is 8.42 Å². The first kappa shape index (κ1) is 11.6. The first-order chi connectivity index (χ1) is 7.49. The maximum absolute atomic E-state index is 12.0. The van der Waals surface area contributed by atoms with Crippen molar-refractivity contribution in [2.45, 2.75) is 17.9 Å². The summed E-state index contributed by atoms with van der Waals surface area (Å²) in [6.45, 7) is 3.55. The van der Waals surface area contributed by atoms with Gasteiger partial charge in [-0.05, 0) is 12.5 Å². The van der Waals surface area contributed by atoms with Crippen LogP contribution in [0.1, 0.15) is 6.92 Å². The maximum Gasteiger partial charge on any atom is 0.243 e. The van der Waals surface area contributed by atoms with Crippen molar-refractivity contribution in [2.24, 2.45) is 13.0 Å². The molecule has 90 valence electrons. The Kier molecular flexibility index (Phi) is 3.00. The van der Waals surface area contributed by atoms with Gasteiger partial charge in [0.15, 0.2) is 0 Å². The number of rotatable bonds is 3. The van der Waals surface area contributed by atoms with Gasteiger partial charge in [-0.2, -0.15) is 5.10 Å². The SMILES string of the molecule is CC1CNCC1NS(=O)(=O)c1cnn(C)c1. The molecule has 1 saturated heterocycles. The fourth-order valence-electron chi connectivity index (χ4n) is 1.77. The highest BCUT2D eigenvalue weighted by Gasteiger charge is 2.28. The molecule has 2 unspecified atom stereocenters. The van der Waals surface area contributed by atoms with Gasteiger partial charge in [0.05, 0.1) is 6.20 Å². The monoisotopic (exact) mass is 244 g/mol. The Morgan fingerprint density at radius 1 is 1.56 bits per heavy atom. The van der Waals surface area contributed by atoms with Gasteiger partial charge in [0.2, 0.25) is 10.0 Å². The Bertz CT molecular complexity index is 468. The summed E-state index contributed by atoms with van der Waals surface area (Å²) in [4.78, 5) is 0.217. The van der Waals surface area contributed by atoms with Crippen LogP contribution < -0.4 is 10.0 Å². The van der Waals surface area contributed by atoms with Crippen LogP contribution in [0.2, 0.25) is 0 Å². The second-order valence-electron chi connectivity index (χ2n) is 4.21. The van der Waals surface area contributed by atoms with Crippen molar-refractivity contribution in [3.63, 3.8) is 0 Å². The third kappa shape index (κ3) is 2.26. The van der Waals surface area contributed by atoms with Gasteiger partial charge in [-0.1, -0.05) is 6.92 Å². The van der Waals surface area contributed by atoms with Crippen molar-refractivity contribution in [2.75, 3.05) is 13.1 Å². The molecule has 1 aromatic heterocycles. The van der Waals surface area contributed by atoms with Crippen LogP contribution in [0.5, 0.6) is 0 Å². The zero-order chi connectivity index (χ0) is 11.8. The van der Waals surface area contributed by atoms with E-state index in [1.165, 1.54) is 17.1 Å². The topological polar surface area (TPSA) is 76.0 Å². The molecule has 1 fully saturated rings. The summed E-state index contributed by atoms with van der Waals surface area (Å²) < 4.78 is 28.1. The van der Waals surface area contributed by atoms with Gasteiger partial charge in [-0.3, -0.25) is 4.68 Å². The highest BCUT2D eigenvalue weighted by molar-refractivity contribution is 7.89. The van der Waals surface area contributed by atoms with Crippen molar-refractivity contribution >= 4 is 10.0 Å². The number of hydrogen-bond acceptors (Lipinski definition) is 4. The third-order valence-corrected chi connectivity index (χ3v) is 4.26. The summed E-state index contributed by atoms with van der Waals surface area (Å²) in [5.74, 6) is 0.312. The first-order valence-electron chi connectivity index (χ1n) is 5.21. The lowest BCUT2D eigenvalue weighted by Crippen LogP contribution is -2.39. The maximum atomic E-state index is 12.0. The lowest BCUT2D eigenvalue weighted by Gasteiger charge is -2.15. The van der Waals surface area contributed by atoms with Crippen LogP contribution in [0.15, 0.2) is 17.3 Å². The molecule has 7 heteroatoms. The van der Waals surface area contributed by atoms with Gasteiger partial charge in [0.1, 0.15) is 4.90 Å². The van der Waals surface area contributed by atoms with Crippen molar-refractivity contribution in [1.82, 2.24) is 19.8 Å². The second kappa shape index (κ2) is 4.15. The number of aryl methyl sites for hydroxylation is 1. The van der Waals surface area contributed by atoms with Crippen LogP contribution in [0.4, 0.5) is 0 Å². The summed E-state index contributed by atoms with van der Waals surface area (Å²) >= 11 is 0. The van der Waals surface area contributed by atoms with Gasteiger partial charge in [0.25, 0.3) is 0 Å². The lowest BCUT2D eigenvalue weighted by molar-refractivity contribution is 0.502. The van der Waals surface area contributed by atoms with Gasteiger partial charge >= 0.3 is 0 Å². The van der Waals surface area contributed by atoms with E-state index in [0.29, 0.717) is 12.5 Å². The zero-order valence-electron chi connectivity index (χ0n) is 9.34. The van der Waals surface area contributed by atoms with Crippen LogP contribution in [-0.2, 0) is 17.1 Å². The predicted molar refractivity (Wildman–Crippen MR) is 59.4 cm³/mol. The smallest absolute Gasteiger partial charge is 0.243 e. The number of sulfonamides is 1. The Morgan fingerprint density at radius 3 is 2.81 bits per heavy atom. The quantitative estimate of drug-likeness (QED) is 0.737. The summed E-state index contributed by atoms with van der Waals surface area (Å²) in [7, 11) is -1.74. The van der Waals surface area contributed by atoms with E-state index in [-0.39, 0.29) is 10.9 Å². The summed E-state index contributed by atoms with van der Waals surface area (Å²) in [5, 5.41) is 7.01. The van der Waals surface area contributed by atoms with Crippen molar-refractivity contribution in [3.8, 4) is 0 Å². The van der Waals surface area contributed by atoms with E-state index >= 15 is 0 Å². The van der Waals surface area contributed by atoms with Crippen LogP contribution in [0, 0.1) is 5.92 Å². The molecule has 0 aliphatic carbocycles. The normalized spacial score (nSPS) is 26.1. The molecule has 1 aliphatic rings. The Morgan fingerprint density at radius 2 is 2.31 bits per heavy atom. The summed E-state index contributed by atoms with van der Waals surface area (Å²) in [6.07, 6.45) is 2.85. The average molecular weight is 244 g/mol. The van der Waals surface area contributed by atoms with Gasteiger partial charge in [-0.25, -0.2) is 13.1 Å². The van der Waals surface area contributed by atoms with Crippen LogP contribution in [0.25, 0.3) is 0 Å². The lowest BCUT2D eigenvalue weighted by atomic mass is 10.1. The second-order valence-corrected chi connectivity index (χ2v) is 5.93. The fourth-order valence-corrected chi connectivity index (χ4v) is 3.10. The largest absolute Gasteiger partial charge is 0.315 e. The molecule has 0 bridgehead atoms.